The van der Waals surface area contributed by atoms with Crippen molar-refractivity contribution in [1.82, 2.24) is 15.5 Å². The predicted octanol–water partition coefficient (Wildman–Crippen LogP) is 5.33. The van der Waals surface area contributed by atoms with Gasteiger partial charge in [-0.05, 0) is 59.1 Å². The van der Waals surface area contributed by atoms with Crippen molar-refractivity contribution >= 4 is 17.9 Å². The van der Waals surface area contributed by atoms with Gasteiger partial charge in [0.2, 0.25) is 11.8 Å². The van der Waals surface area contributed by atoms with E-state index in [1.54, 1.807) is 25.7 Å². The van der Waals surface area contributed by atoms with Crippen LogP contribution in [0.5, 0.6) is 0 Å². The molecule has 0 aliphatic carbocycles. The zero-order valence-electron chi connectivity index (χ0n) is 23.3. The molecular weight excluding hydrogens is 466 g/mol. The van der Waals surface area contributed by atoms with Crippen LogP contribution in [-0.4, -0.2) is 47.0 Å². The van der Waals surface area contributed by atoms with Gasteiger partial charge in [-0.1, -0.05) is 73.5 Å². The molecule has 2 aromatic carbocycles. The molecule has 0 fully saturated rings. The lowest BCUT2D eigenvalue weighted by atomic mass is 9.98. The first-order valence-corrected chi connectivity index (χ1v) is 13.1. The molecule has 0 heterocycles. The van der Waals surface area contributed by atoms with Crippen LogP contribution < -0.4 is 10.6 Å². The summed E-state index contributed by atoms with van der Waals surface area (Å²) in [5, 5.41) is 5.78. The van der Waals surface area contributed by atoms with Crippen LogP contribution in [0.1, 0.15) is 77.1 Å². The van der Waals surface area contributed by atoms with E-state index in [0.717, 1.165) is 29.5 Å². The minimum Gasteiger partial charge on any atom is -0.444 e. The first-order chi connectivity index (χ1) is 17.4. The third kappa shape index (κ3) is 9.56. The Morgan fingerprint density at radius 1 is 0.973 bits per heavy atom. The number of nitrogens with zero attached hydrogens (tertiary/aromatic N) is 1. The van der Waals surface area contributed by atoms with Crippen LogP contribution in [0.25, 0.3) is 0 Å². The quantitative estimate of drug-likeness (QED) is 0.401. The maximum atomic E-state index is 14.2. The number of rotatable bonds is 11. The summed E-state index contributed by atoms with van der Waals surface area (Å²) in [7, 11) is 0. The fourth-order valence-electron chi connectivity index (χ4n) is 4.03. The molecule has 0 spiro atoms. The highest BCUT2D eigenvalue weighted by Crippen LogP contribution is 2.26. The molecular formula is C30H43N3O4. The summed E-state index contributed by atoms with van der Waals surface area (Å²) >= 11 is 0. The zero-order chi connectivity index (χ0) is 27.6. The fraction of sp³-hybridized carbons (Fsp3) is 0.500. The standard InChI is InChI=1S/C30H43N3O4/c1-8-9-19-31-27(34)26(24-17-15-22(4)16-18-24)33(21(2)3)28(35)25(20-23-13-11-10-12-14-23)32-29(36)37-30(5,6)7/h10-18,21,25-26H,8-9,19-20H2,1-7H3,(H,31,34)(H,32,36). The topological polar surface area (TPSA) is 87.7 Å². The molecule has 7 heteroatoms. The Kier molecular flexibility index (Phi) is 11.2. The number of unbranched alkanes of at least 4 members (excludes halogenated alkanes) is 1. The minimum atomic E-state index is -0.920. The maximum Gasteiger partial charge on any atom is 0.408 e. The Balaban J connectivity index is 2.48. The number of ether oxygens (including phenoxy) is 1. The van der Waals surface area contributed by atoms with Crippen molar-refractivity contribution in [1.29, 1.82) is 0 Å². The van der Waals surface area contributed by atoms with Crippen LogP contribution in [0.15, 0.2) is 54.6 Å². The van der Waals surface area contributed by atoms with E-state index in [4.69, 9.17) is 4.74 Å². The number of carbonyl (C=O) groups is 3. The lowest BCUT2D eigenvalue weighted by molar-refractivity contribution is -0.144. The van der Waals surface area contributed by atoms with E-state index in [9.17, 15) is 14.4 Å². The van der Waals surface area contributed by atoms with Gasteiger partial charge >= 0.3 is 6.09 Å². The second kappa shape index (κ2) is 13.8. The molecule has 7 nitrogen and oxygen atoms in total. The maximum absolute atomic E-state index is 14.2. The number of benzene rings is 2. The van der Waals surface area contributed by atoms with Crippen molar-refractivity contribution < 1.29 is 19.1 Å². The van der Waals surface area contributed by atoms with E-state index in [-0.39, 0.29) is 24.3 Å². The van der Waals surface area contributed by atoms with Gasteiger partial charge in [-0.2, -0.15) is 0 Å². The van der Waals surface area contributed by atoms with E-state index in [0.29, 0.717) is 6.54 Å². The summed E-state index contributed by atoms with van der Waals surface area (Å²) in [6.07, 6.45) is 1.38. The summed E-state index contributed by atoms with van der Waals surface area (Å²) in [4.78, 5) is 42.0. The summed E-state index contributed by atoms with van der Waals surface area (Å²) < 4.78 is 5.47. The van der Waals surface area contributed by atoms with Gasteiger partial charge in [0, 0.05) is 19.0 Å². The molecule has 202 valence electrons. The molecule has 0 saturated carbocycles. The van der Waals surface area contributed by atoms with Crippen molar-refractivity contribution in [2.24, 2.45) is 0 Å². The largest absolute Gasteiger partial charge is 0.444 e. The van der Waals surface area contributed by atoms with Gasteiger partial charge in [0.15, 0.2) is 0 Å². The van der Waals surface area contributed by atoms with Crippen LogP contribution >= 0.6 is 0 Å². The minimum absolute atomic E-state index is 0.241. The van der Waals surface area contributed by atoms with E-state index in [2.05, 4.69) is 17.6 Å². The molecule has 0 aliphatic rings. The Morgan fingerprint density at radius 3 is 2.14 bits per heavy atom. The molecule has 2 unspecified atom stereocenters. The van der Waals surface area contributed by atoms with Gasteiger partial charge in [-0.3, -0.25) is 9.59 Å². The van der Waals surface area contributed by atoms with Crippen LogP contribution in [-0.2, 0) is 20.7 Å². The van der Waals surface area contributed by atoms with Gasteiger partial charge in [0.05, 0.1) is 0 Å². The molecule has 2 rings (SSSR count). The Bertz CT molecular complexity index is 1010. The zero-order valence-corrected chi connectivity index (χ0v) is 23.3. The summed E-state index contributed by atoms with van der Waals surface area (Å²) in [5.74, 6) is -0.587. The third-order valence-corrected chi connectivity index (χ3v) is 5.83. The van der Waals surface area contributed by atoms with Crippen molar-refractivity contribution in [3.05, 3.63) is 71.3 Å². The first kappa shape index (κ1) is 29.9. The molecule has 2 atom stereocenters. The van der Waals surface area contributed by atoms with Crippen LogP contribution in [0.2, 0.25) is 0 Å². The predicted molar refractivity (Wildman–Crippen MR) is 147 cm³/mol. The van der Waals surface area contributed by atoms with Gasteiger partial charge in [-0.25, -0.2) is 4.79 Å². The first-order valence-electron chi connectivity index (χ1n) is 13.1. The highest BCUT2D eigenvalue weighted by molar-refractivity contribution is 5.92. The van der Waals surface area contributed by atoms with Crippen LogP contribution in [0.4, 0.5) is 4.79 Å². The Labute approximate surface area is 222 Å². The highest BCUT2D eigenvalue weighted by Gasteiger charge is 2.37. The molecule has 37 heavy (non-hydrogen) atoms. The van der Waals surface area contributed by atoms with Crippen molar-refractivity contribution in [2.75, 3.05) is 6.54 Å². The molecule has 2 N–H and O–H groups in total. The normalized spacial score (nSPS) is 13.0. The average Bonchev–Trinajstić information content (AvgIpc) is 2.81. The number of hydrogen-bond acceptors (Lipinski definition) is 4. The number of nitrogens with one attached hydrogen (secondary N) is 2. The average molecular weight is 510 g/mol. The van der Waals surface area contributed by atoms with Gasteiger partial charge < -0.3 is 20.3 Å². The molecule has 3 amide bonds. The second-order valence-electron chi connectivity index (χ2n) is 10.7. The summed E-state index contributed by atoms with van der Waals surface area (Å²) in [6.45, 7) is 13.6. The molecule has 0 aromatic heterocycles. The van der Waals surface area contributed by atoms with Crippen LogP contribution in [0.3, 0.4) is 0 Å². The second-order valence-corrected chi connectivity index (χ2v) is 10.7. The van der Waals surface area contributed by atoms with E-state index < -0.39 is 23.8 Å². The lowest BCUT2D eigenvalue weighted by Crippen LogP contribution is -2.55. The smallest absolute Gasteiger partial charge is 0.408 e. The summed E-state index contributed by atoms with van der Waals surface area (Å²) in [5.41, 5.74) is 1.95. The van der Waals surface area contributed by atoms with Gasteiger partial charge in [0.1, 0.15) is 17.7 Å². The molecule has 0 radical (unpaired) electrons. The van der Waals surface area contributed by atoms with E-state index in [1.807, 2.05) is 75.4 Å². The van der Waals surface area contributed by atoms with E-state index in [1.165, 1.54) is 0 Å². The number of alkyl carbamates (subject to hydrolysis) is 1. The van der Waals surface area contributed by atoms with Crippen molar-refractivity contribution in [2.45, 2.75) is 91.5 Å². The number of amides is 3. The Hall–Kier alpha value is -3.35. The third-order valence-electron chi connectivity index (χ3n) is 5.83. The Morgan fingerprint density at radius 2 is 1.59 bits per heavy atom. The molecule has 0 saturated heterocycles. The van der Waals surface area contributed by atoms with Crippen molar-refractivity contribution in [3.63, 3.8) is 0 Å². The van der Waals surface area contributed by atoms with Crippen LogP contribution in [0, 0.1) is 6.92 Å². The van der Waals surface area contributed by atoms with Crippen molar-refractivity contribution in [3.8, 4) is 0 Å². The SMILES string of the molecule is CCCCNC(=O)C(c1ccc(C)cc1)N(C(=O)C(Cc1ccccc1)NC(=O)OC(C)(C)C)C(C)C. The number of aryl methyl sites for hydroxylation is 1. The highest BCUT2D eigenvalue weighted by atomic mass is 16.6. The van der Waals surface area contributed by atoms with Gasteiger partial charge in [-0.15, -0.1) is 0 Å². The lowest BCUT2D eigenvalue weighted by Gasteiger charge is -2.37. The fourth-order valence-corrected chi connectivity index (χ4v) is 4.03. The number of carbonyl (C=O) groups excluding carboxylic acids is 3. The molecule has 0 aliphatic heterocycles. The monoisotopic (exact) mass is 509 g/mol. The number of hydrogen-bond donors (Lipinski definition) is 2. The van der Waals surface area contributed by atoms with Gasteiger partial charge in [0.25, 0.3) is 0 Å². The van der Waals surface area contributed by atoms with E-state index >= 15 is 0 Å². The summed E-state index contributed by atoms with van der Waals surface area (Å²) in [6, 6.07) is 15.1. The molecule has 0 bridgehead atoms. The molecule has 2 aromatic rings.